The third-order valence-corrected chi connectivity index (χ3v) is 6.00. The highest BCUT2D eigenvalue weighted by Crippen LogP contribution is 2.44. The molecule has 0 heterocycles. The van der Waals surface area contributed by atoms with Crippen molar-refractivity contribution >= 4 is 18.0 Å². The summed E-state index contributed by atoms with van der Waals surface area (Å²) in [6.45, 7) is 5.90. The Hall–Kier alpha value is -3.35. The highest BCUT2D eigenvalue weighted by atomic mass is 16.5. The van der Waals surface area contributed by atoms with Crippen molar-refractivity contribution in [3.63, 3.8) is 0 Å². The number of hydrogen-bond donors (Lipinski definition) is 2. The summed E-state index contributed by atoms with van der Waals surface area (Å²) in [5.74, 6) is -1.44. The largest absolute Gasteiger partial charge is 0.480 e. The van der Waals surface area contributed by atoms with Crippen molar-refractivity contribution in [2.24, 2.45) is 5.92 Å². The maximum absolute atomic E-state index is 13.1. The van der Waals surface area contributed by atoms with Crippen LogP contribution in [0.25, 0.3) is 11.1 Å². The molecule has 0 aromatic heterocycles. The van der Waals surface area contributed by atoms with E-state index in [2.05, 4.69) is 17.4 Å². The molecular weight excluding hydrogens is 432 g/mol. The fraction of sp³-hybridized carbons (Fsp3) is 0.444. The molecule has 0 radical (unpaired) electrons. The van der Waals surface area contributed by atoms with E-state index >= 15 is 0 Å². The molecule has 0 bridgehead atoms. The fourth-order valence-electron chi connectivity index (χ4n) is 4.50. The average molecular weight is 467 g/mol. The van der Waals surface area contributed by atoms with Crippen molar-refractivity contribution in [3.05, 3.63) is 59.7 Å². The van der Waals surface area contributed by atoms with Gasteiger partial charge in [-0.3, -0.25) is 9.59 Å². The average Bonchev–Trinajstić information content (AvgIpc) is 3.12. The SMILES string of the molecule is CCCC[C@H](NC(=O)OCC1c2ccccc2-c2ccccc21)C(=O)N(CC(=O)O)CC(C)C. The first-order valence-electron chi connectivity index (χ1n) is 11.9. The summed E-state index contributed by atoms with van der Waals surface area (Å²) >= 11 is 0. The van der Waals surface area contributed by atoms with Crippen LogP contribution in [0.1, 0.15) is 57.1 Å². The summed E-state index contributed by atoms with van der Waals surface area (Å²) in [6.07, 6.45) is 1.33. The van der Waals surface area contributed by atoms with E-state index < -0.39 is 30.6 Å². The molecule has 2 N–H and O–H groups in total. The highest BCUT2D eigenvalue weighted by molar-refractivity contribution is 5.88. The van der Waals surface area contributed by atoms with Crippen LogP contribution >= 0.6 is 0 Å². The van der Waals surface area contributed by atoms with E-state index in [1.165, 1.54) is 4.90 Å². The van der Waals surface area contributed by atoms with Crippen LogP contribution in [-0.4, -0.2) is 53.7 Å². The van der Waals surface area contributed by atoms with Crippen molar-refractivity contribution < 1.29 is 24.2 Å². The molecule has 0 saturated heterocycles. The van der Waals surface area contributed by atoms with E-state index in [4.69, 9.17) is 4.74 Å². The van der Waals surface area contributed by atoms with Crippen LogP contribution in [0.3, 0.4) is 0 Å². The molecular formula is C27H34N2O5. The molecule has 2 aromatic carbocycles. The molecule has 7 nitrogen and oxygen atoms in total. The first-order valence-corrected chi connectivity index (χ1v) is 11.9. The number of carbonyl (C=O) groups is 3. The molecule has 7 heteroatoms. The van der Waals surface area contributed by atoms with E-state index in [1.807, 2.05) is 57.2 Å². The number of nitrogens with one attached hydrogen (secondary N) is 1. The zero-order chi connectivity index (χ0) is 24.7. The van der Waals surface area contributed by atoms with E-state index in [0.717, 1.165) is 35.1 Å². The van der Waals surface area contributed by atoms with Crippen LogP contribution in [0.15, 0.2) is 48.5 Å². The Labute approximate surface area is 201 Å². The van der Waals surface area contributed by atoms with Crippen molar-refractivity contribution in [2.45, 2.75) is 52.0 Å². The van der Waals surface area contributed by atoms with Crippen LogP contribution in [0.4, 0.5) is 4.79 Å². The van der Waals surface area contributed by atoms with Gasteiger partial charge in [0.15, 0.2) is 0 Å². The smallest absolute Gasteiger partial charge is 0.407 e. The lowest BCUT2D eigenvalue weighted by Gasteiger charge is -2.28. The molecule has 0 aliphatic heterocycles. The van der Waals surface area contributed by atoms with Gasteiger partial charge in [-0.05, 0) is 34.6 Å². The number of aliphatic carboxylic acids is 1. The molecule has 2 aromatic rings. The quantitative estimate of drug-likeness (QED) is 0.502. The standard InChI is InChI=1S/C27H34N2O5/c1-4-5-14-24(26(32)29(15-18(2)3)16-25(30)31)28-27(33)34-17-23-21-12-8-6-10-19(21)20-11-7-9-13-22(20)23/h6-13,18,23-24H,4-5,14-17H2,1-3H3,(H,28,33)(H,30,31)/t24-/m0/s1. The van der Waals surface area contributed by atoms with Crippen LogP contribution in [0.5, 0.6) is 0 Å². The lowest BCUT2D eigenvalue weighted by molar-refractivity contribution is -0.145. The fourth-order valence-corrected chi connectivity index (χ4v) is 4.50. The van der Waals surface area contributed by atoms with Crippen molar-refractivity contribution in [1.29, 1.82) is 0 Å². The third kappa shape index (κ3) is 6.16. The van der Waals surface area contributed by atoms with Gasteiger partial charge in [0, 0.05) is 12.5 Å². The number of nitrogens with zero attached hydrogens (tertiary/aromatic N) is 1. The second kappa shape index (κ2) is 11.7. The van der Waals surface area contributed by atoms with Gasteiger partial charge in [0.1, 0.15) is 19.2 Å². The van der Waals surface area contributed by atoms with Gasteiger partial charge in [-0.1, -0.05) is 82.1 Å². The molecule has 1 aliphatic carbocycles. The van der Waals surface area contributed by atoms with Gasteiger partial charge in [-0.2, -0.15) is 0 Å². The normalized spacial score (nSPS) is 13.2. The summed E-state index contributed by atoms with van der Waals surface area (Å²) in [6, 6.07) is 15.3. The Kier molecular flexibility index (Phi) is 8.68. The molecule has 0 unspecified atom stereocenters. The minimum absolute atomic E-state index is 0.0765. The number of carbonyl (C=O) groups excluding carboxylic acids is 2. The molecule has 2 amide bonds. The van der Waals surface area contributed by atoms with Gasteiger partial charge in [-0.15, -0.1) is 0 Å². The van der Waals surface area contributed by atoms with Crippen LogP contribution in [0, 0.1) is 5.92 Å². The van der Waals surface area contributed by atoms with Gasteiger partial charge < -0.3 is 20.1 Å². The van der Waals surface area contributed by atoms with Gasteiger partial charge >= 0.3 is 12.1 Å². The molecule has 0 saturated carbocycles. The number of fused-ring (bicyclic) bond motifs is 3. The molecule has 0 spiro atoms. The van der Waals surface area contributed by atoms with Gasteiger partial charge in [0.05, 0.1) is 0 Å². The maximum atomic E-state index is 13.1. The molecule has 1 atom stereocenters. The van der Waals surface area contributed by atoms with Crippen molar-refractivity contribution in [3.8, 4) is 11.1 Å². The topological polar surface area (TPSA) is 95.9 Å². The number of rotatable bonds is 11. The van der Waals surface area contributed by atoms with E-state index in [0.29, 0.717) is 13.0 Å². The Morgan fingerprint density at radius 3 is 2.15 bits per heavy atom. The van der Waals surface area contributed by atoms with E-state index in [-0.39, 0.29) is 18.4 Å². The van der Waals surface area contributed by atoms with Crippen molar-refractivity contribution in [1.82, 2.24) is 10.2 Å². The molecule has 34 heavy (non-hydrogen) atoms. The summed E-state index contributed by atoms with van der Waals surface area (Å²) in [4.78, 5) is 38.5. The number of amides is 2. The zero-order valence-electron chi connectivity index (χ0n) is 20.1. The third-order valence-electron chi connectivity index (χ3n) is 6.00. The number of ether oxygens (including phenoxy) is 1. The Morgan fingerprint density at radius 2 is 1.62 bits per heavy atom. The number of unbranched alkanes of at least 4 members (excludes halogenated alkanes) is 1. The summed E-state index contributed by atoms with van der Waals surface area (Å²) in [5.41, 5.74) is 4.50. The molecule has 3 rings (SSSR count). The number of carboxylic acid groups (broad SMARTS) is 1. The number of hydrogen-bond acceptors (Lipinski definition) is 4. The summed E-state index contributed by atoms with van der Waals surface area (Å²) in [5, 5.41) is 12.0. The van der Waals surface area contributed by atoms with E-state index in [1.54, 1.807) is 0 Å². The number of alkyl carbamates (subject to hydrolysis) is 1. The summed E-state index contributed by atoms with van der Waals surface area (Å²) < 4.78 is 5.61. The molecule has 1 aliphatic rings. The van der Waals surface area contributed by atoms with Crippen LogP contribution in [-0.2, 0) is 14.3 Å². The van der Waals surface area contributed by atoms with E-state index in [9.17, 15) is 19.5 Å². The first kappa shape index (κ1) is 25.3. The lowest BCUT2D eigenvalue weighted by Crippen LogP contribution is -2.51. The lowest BCUT2D eigenvalue weighted by atomic mass is 9.98. The maximum Gasteiger partial charge on any atom is 0.407 e. The second-order valence-electron chi connectivity index (χ2n) is 9.17. The van der Waals surface area contributed by atoms with Gasteiger partial charge in [-0.25, -0.2) is 4.79 Å². The highest BCUT2D eigenvalue weighted by Gasteiger charge is 2.31. The minimum atomic E-state index is -1.08. The number of benzene rings is 2. The van der Waals surface area contributed by atoms with Gasteiger partial charge in [0.25, 0.3) is 0 Å². The Bertz CT molecular complexity index is 974. The first-order chi connectivity index (χ1) is 16.3. The zero-order valence-corrected chi connectivity index (χ0v) is 20.1. The predicted molar refractivity (Wildman–Crippen MR) is 131 cm³/mol. The number of carboxylic acids is 1. The predicted octanol–water partition coefficient (Wildman–Crippen LogP) is 4.65. The molecule has 182 valence electrons. The van der Waals surface area contributed by atoms with Crippen LogP contribution < -0.4 is 5.32 Å². The Balaban J connectivity index is 1.69. The summed E-state index contributed by atoms with van der Waals surface area (Å²) in [7, 11) is 0. The second-order valence-corrected chi connectivity index (χ2v) is 9.17. The van der Waals surface area contributed by atoms with Crippen LogP contribution in [0.2, 0.25) is 0 Å². The Morgan fingerprint density at radius 1 is 1.03 bits per heavy atom. The minimum Gasteiger partial charge on any atom is -0.480 e. The molecule has 0 fully saturated rings. The monoisotopic (exact) mass is 466 g/mol. The van der Waals surface area contributed by atoms with Gasteiger partial charge in [0.2, 0.25) is 5.91 Å². The van der Waals surface area contributed by atoms with Crippen molar-refractivity contribution in [2.75, 3.05) is 19.7 Å².